The van der Waals surface area contributed by atoms with Gasteiger partial charge in [0, 0.05) is 19.4 Å². The monoisotopic (exact) mass is 1740 g/mol. The second-order valence-corrected chi connectivity index (χ2v) is 41.4. The van der Waals surface area contributed by atoms with Crippen LogP contribution < -0.4 is 62.9 Å². The molecule has 0 aromatic carbocycles. The summed E-state index contributed by atoms with van der Waals surface area (Å²) in [6.45, 7) is 7.99. The molecule has 3 N–H and O–H groups in total. The van der Waals surface area contributed by atoms with Crippen molar-refractivity contribution in [3.8, 4) is 29.1 Å². The number of rotatable bonds is 17. The van der Waals surface area contributed by atoms with Crippen LogP contribution in [0.15, 0.2) is 48.5 Å². The number of fused-ring (bicyclic) bond motifs is 4. The maximum atomic E-state index is 12.2. The number of nitrogens with zero attached hydrogens (tertiary/aromatic N) is 9. The van der Waals surface area contributed by atoms with Crippen molar-refractivity contribution in [2.45, 2.75) is 136 Å². The van der Waals surface area contributed by atoms with Crippen LogP contribution in [0.3, 0.4) is 0 Å². The number of Topliss-reactive ketones (excluding diaryl/α,β-unsaturated/α-hetero) is 4. The molecule has 4 atom stereocenters. The molecule has 4 saturated heterocycles. The molecule has 4 aromatic heterocycles. The van der Waals surface area contributed by atoms with Gasteiger partial charge in [-0.05, 0) is 108 Å². The number of aromatic nitrogens is 4. The van der Waals surface area contributed by atoms with E-state index in [9.17, 15) is 51.6 Å². The molecule has 0 saturated carbocycles. The molecule has 12 heterocycles. The summed E-state index contributed by atoms with van der Waals surface area (Å²) in [5, 5.41) is 11.3. The van der Waals surface area contributed by atoms with E-state index in [0.29, 0.717) is 141 Å². The Kier molecular flexibility index (Phi) is 30.6. The molecule has 8 aliphatic heterocycles. The molecule has 32 nitrogen and oxygen atoms in total. The topological polar surface area (TPSA) is 406 Å². The van der Waals surface area contributed by atoms with Gasteiger partial charge in [-0.3, -0.25) is 43.0 Å². The SMILES string of the molecule is C.C.CC(C)(C)OC(=O)NCCCC1CN(c2ccc3c(n2)CC(=O)CO3)C(=O)O1.CS(=O)(=O)OCCC1CN(c2ccc3c(n2)CC(=O)CO3)C(=O)O1.I[I-]I.N#CCCC1CN(c2ccc3c(n2)CC(=O)CO3)C(=O)O1.NCCCC1CN(c2ccc3c(n2)CC(=O)CO3)C(=O)O1. The predicted octanol–water partition coefficient (Wildman–Crippen LogP) is 4.40. The molecule has 0 bridgehead atoms. The molecule has 4 aromatic rings. The number of alkyl carbamates (subject to hydrolysis) is 1. The van der Waals surface area contributed by atoms with Gasteiger partial charge in [0.05, 0.1) is 93.6 Å². The Balaban J connectivity index is 0.000000205. The van der Waals surface area contributed by atoms with Crippen LogP contribution >= 0.6 is 37.2 Å². The maximum Gasteiger partial charge on any atom is 0.415 e. The van der Waals surface area contributed by atoms with E-state index in [1.807, 2.05) is 6.07 Å². The molecule has 540 valence electrons. The first kappa shape index (κ1) is 80.4. The number of carbonyl (C=O) groups is 9. The van der Waals surface area contributed by atoms with Gasteiger partial charge in [0.15, 0.2) is 23.1 Å². The number of hydrogen-bond donors (Lipinski definition) is 2. The van der Waals surface area contributed by atoms with Crippen molar-refractivity contribution in [1.29, 1.82) is 5.26 Å². The second-order valence-electron chi connectivity index (χ2n) is 23.5. The summed E-state index contributed by atoms with van der Waals surface area (Å²) >= 11 is 5.30. The van der Waals surface area contributed by atoms with Crippen molar-refractivity contribution in [2.75, 3.05) is 98.2 Å². The number of nitriles is 1. The zero-order valence-electron chi connectivity index (χ0n) is 53.2. The van der Waals surface area contributed by atoms with Gasteiger partial charge in [0.1, 0.15) is 103 Å². The zero-order valence-corrected chi connectivity index (χ0v) is 60.5. The molecule has 4 fully saturated rings. The average Bonchev–Trinajstić information content (AvgIpc) is 0.997. The fourth-order valence-electron chi connectivity index (χ4n) is 10.3. The number of hydrogen-bond acceptors (Lipinski definition) is 27. The van der Waals surface area contributed by atoms with Crippen LogP contribution in [0.4, 0.5) is 47.2 Å². The predicted molar refractivity (Wildman–Crippen MR) is 368 cm³/mol. The smallest absolute Gasteiger partial charge is 0.415 e. The Labute approximate surface area is 602 Å². The summed E-state index contributed by atoms with van der Waals surface area (Å²) in [5.41, 5.74) is 7.06. The molecule has 8 aliphatic rings. The Morgan fingerprint density at radius 3 is 1.19 bits per heavy atom. The van der Waals surface area contributed by atoms with E-state index < -0.39 is 52.3 Å². The second kappa shape index (κ2) is 37.7. The maximum absolute atomic E-state index is 12.2. The van der Waals surface area contributed by atoms with Crippen LogP contribution in [0.25, 0.3) is 0 Å². The van der Waals surface area contributed by atoms with Crippen LogP contribution in [0, 0.1) is 11.3 Å². The first-order valence-electron chi connectivity index (χ1n) is 30.5. The molecule has 0 aliphatic carbocycles. The number of carbonyl (C=O) groups excluding carboxylic acids is 9. The van der Waals surface area contributed by atoms with Gasteiger partial charge in [-0.25, -0.2) is 43.9 Å². The van der Waals surface area contributed by atoms with Crippen LogP contribution in [-0.2, 0) is 82.8 Å². The van der Waals surface area contributed by atoms with Crippen LogP contribution in [0.1, 0.15) is 103 Å². The summed E-state index contributed by atoms with van der Waals surface area (Å²) in [5.74, 6) is 3.84. The third-order valence-corrected chi connectivity index (χ3v) is 15.3. The van der Waals surface area contributed by atoms with E-state index in [1.165, 1.54) is 19.6 Å². The molecule has 36 heteroatoms. The summed E-state index contributed by atoms with van der Waals surface area (Å²) in [6, 6.07) is 15.5. The normalized spacial score (nSPS) is 19.4. The van der Waals surface area contributed by atoms with Gasteiger partial charge in [-0.1, -0.05) is 14.9 Å². The third-order valence-electron chi connectivity index (χ3n) is 14.7. The van der Waals surface area contributed by atoms with Crippen molar-refractivity contribution >= 4 is 124 Å². The van der Waals surface area contributed by atoms with E-state index in [2.05, 4.69) is 66.7 Å². The minimum Gasteiger partial charge on any atom is -0.484 e. The Bertz CT molecular complexity index is 3750. The zero-order chi connectivity index (χ0) is 70.0. The fraction of sp³-hybridized carbons (Fsp3) is 0.524. The van der Waals surface area contributed by atoms with E-state index in [0.717, 1.165) is 19.1 Å². The molecule has 4 unspecified atom stereocenters. The van der Waals surface area contributed by atoms with Gasteiger partial charge >= 0.3 is 81.0 Å². The number of ether oxygens (including phenoxy) is 9. The van der Waals surface area contributed by atoms with Gasteiger partial charge in [-0.15, -0.1) is 0 Å². The molecule has 0 spiro atoms. The Morgan fingerprint density at radius 1 is 0.576 bits per heavy atom. The molecule has 99 heavy (non-hydrogen) atoms. The number of nitrogens with one attached hydrogen (secondary N) is 1. The van der Waals surface area contributed by atoms with Crippen molar-refractivity contribution < 1.29 is 112 Å². The van der Waals surface area contributed by atoms with Crippen molar-refractivity contribution in [1.82, 2.24) is 25.3 Å². The Morgan fingerprint density at radius 2 is 0.889 bits per heavy atom. The Hall–Kier alpha value is -7.62. The van der Waals surface area contributed by atoms with Gasteiger partial charge < -0.3 is 53.7 Å². The van der Waals surface area contributed by atoms with Gasteiger partial charge in [0.25, 0.3) is 10.1 Å². The molecule has 5 amide bonds. The number of ketones is 4. The molecule has 12 rings (SSSR count). The van der Waals surface area contributed by atoms with Crippen LogP contribution in [-0.4, -0.2) is 191 Å². The van der Waals surface area contributed by atoms with E-state index >= 15 is 0 Å². The first-order valence-corrected chi connectivity index (χ1v) is 44.9. The number of nitrogens with two attached hydrogens (primary N) is 1. The standard InChI is InChI=1S/C19H25N3O6.C14H17N3O4.C14H13N3O4.C14H16N2O7S.2CH4.I3/c1-19(2,3)28-17(24)20-8-4-5-13-10-22(18(25)27-13)16-7-6-15-14(21-16)9-12(23)11-26-15;2*15-5-1-2-10-7-17(14(19)21-10)13-4-3-12-11(16-13)6-9(18)8-20-12;1-24(19,20)22-5-4-10-7-16(14(18)23-10)13-3-2-12-11(15-13)6-9(17)8-21-12;;;1-3-2/h6-7,13H,4-5,8-11H2,1-3H3,(H,20,24);3-4,10H,1-2,5-8,15H2;3-4,10H,1-2,6-8H2;2-3,10H,4-8H2,1H3;2*1H4;/q;;;;;;-1. The van der Waals surface area contributed by atoms with Crippen molar-refractivity contribution in [3.05, 3.63) is 71.3 Å². The molecular formula is C63H79I3N11O21S-. The minimum atomic E-state index is -3.52. The summed E-state index contributed by atoms with van der Waals surface area (Å²) < 4.78 is 73.9. The van der Waals surface area contributed by atoms with Gasteiger partial charge in [-0.2, -0.15) is 13.7 Å². The molecular weight excluding hydrogens is 1660 g/mol. The average molecular weight is 1740 g/mol. The number of cyclic esters (lactones) is 4. The number of halogens is 3. The minimum absolute atomic E-state index is 0. The summed E-state index contributed by atoms with van der Waals surface area (Å²) in [6.07, 6.45) is 2.04. The van der Waals surface area contributed by atoms with Crippen LogP contribution in [0.5, 0.6) is 23.0 Å². The largest absolute Gasteiger partial charge is 0.484 e. The molecule has 0 radical (unpaired) electrons. The first-order chi connectivity index (χ1) is 46.3. The summed E-state index contributed by atoms with van der Waals surface area (Å²) in [7, 11) is -3.52. The van der Waals surface area contributed by atoms with Crippen molar-refractivity contribution in [3.63, 3.8) is 0 Å². The fourth-order valence-corrected chi connectivity index (χ4v) is 10.7. The third kappa shape index (κ3) is 24.0. The van der Waals surface area contributed by atoms with Crippen molar-refractivity contribution in [2.24, 2.45) is 5.73 Å². The number of amides is 5. The van der Waals surface area contributed by atoms with Gasteiger partial charge in [0.2, 0.25) is 0 Å². The van der Waals surface area contributed by atoms with Crippen LogP contribution in [0.2, 0.25) is 0 Å². The summed E-state index contributed by atoms with van der Waals surface area (Å²) in [4.78, 5) is 128. The van der Waals surface area contributed by atoms with E-state index in [1.54, 1.807) is 69.3 Å². The quantitative estimate of drug-likeness (QED) is 0.0640. The number of anilines is 4. The number of pyridine rings is 4. The van der Waals surface area contributed by atoms with E-state index in [-0.39, 0.29) is 128 Å². The van der Waals surface area contributed by atoms with E-state index in [4.69, 9.17) is 53.6 Å².